The first-order chi connectivity index (χ1) is 8.70. The van der Waals surface area contributed by atoms with Gasteiger partial charge >= 0.3 is 0 Å². The number of benzene rings is 1. The molecule has 2 rings (SSSR count). The number of nitrogens with two attached hydrogens (primary N) is 1. The van der Waals surface area contributed by atoms with Crippen molar-refractivity contribution in [2.45, 2.75) is 44.7 Å². The summed E-state index contributed by atoms with van der Waals surface area (Å²) >= 11 is 0. The Morgan fingerprint density at radius 2 is 1.78 bits per heavy atom. The number of rotatable bonds is 4. The molecule has 2 heteroatoms. The van der Waals surface area contributed by atoms with Crippen LogP contribution in [-0.2, 0) is 5.67 Å². The summed E-state index contributed by atoms with van der Waals surface area (Å²) in [5.74, 6) is 0.881. The van der Waals surface area contributed by atoms with Crippen molar-refractivity contribution in [1.29, 1.82) is 0 Å². The maximum absolute atomic E-state index is 15.2. The van der Waals surface area contributed by atoms with Crippen molar-refractivity contribution < 1.29 is 4.39 Å². The SMILES string of the molecule is CCC1CCC(C(F)(CN)c2ccccc2)CC1. The lowest BCUT2D eigenvalue weighted by molar-refractivity contribution is 0.0497. The number of halogens is 1. The Morgan fingerprint density at radius 1 is 1.17 bits per heavy atom. The molecule has 0 radical (unpaired) electrons. The zero-order valence-electron chi connectivity index (χ0n) is 11.2. The van der Waals surface area contributed by atoms with Crippen LogP contribution in [0.1, 0.15) is 44.6 Å². The largest absolute Gasteiger partial charge is 0.327 e. The smallest absolute Gasteiger partial charge is 0.150 e. The van der Waals surface area contributed by atoms with Gasteiger partial charge in [0.2, 0.25) is 0 Å². The third-order valence-electron chi connectivity index (χ3n) is 4.62. The molecule has 0 spiro atoms. The topological polar surface area (TPSA) is 26.0 Å². The van der Waals surface area contributed by atoms with Crippen LogP contribution in [0.3, 0.4) is 0 Å². The van der Waals surface area contributed by atoms with E-state index in [1.807, 2.05) is 30.3 Å². The Labute approximate surface area is 110 Å². The molecule has 0 bridgehead atoms. The van der Waals surface area contributed by atoms with E-state index in [9.17, 15) is 0 Å². The summed E-state index contributed by atoms with van der Waals surface area (Å²) in [6.07, 6.45) is 5.47. The highest BCUT2D eigenvalue weighted by molar-refractivity contribution is 5.24. The van der Waals surface area contributed by atoms with Crippen LogP contribution in [0.4, 0.5) is 4.39 Å². The lowest BCUT2D eigenvalue weighted by Gasteiger charge is -2.38. The van der Waals surface area contributed by atoms with Crippen molar-refractivity contribution in [2.24, 2.45) is 17.6 Å². The molecule has 1 nitrogen and oxygen atoms in total. The molecule has 1 aliphatic carbocycles. The van der Waals surface area contributed by atoms with Crippen molar-refractivity contribution in [1.82, 2.24) is 0 Å². The number of hydrogen-bond donors (Lipinski definition) is 1. The van der Waals surface area contributed by atoms with E-state index >= 15 is 4.39 Å². The van der Waals surface area contributed by atoms with Crippen molar-refractivity contribution in [2.75, 3.05) is 6.54 Å². The van der Waals surface area contributed by atoms with Crippen LogP contribution in [-0.4, -0.2) is 6.54 Å². The van der Waals surface area contributed by atoms with Gasteiger partial charge in [-0.1, -0.05) is 56.5 Å². The summed E-state index contributed by atoms with van der Waals surface area (Å²) in [5.41, 5.74) is 5.19. The Kier molecular flexibility index (Phi) is 4.39. The predicted molar refractivity (Wildman–Crippen MR) is 74.0 cm³/mol. The lowest BCUT2D eigenvalue weighted by Crippen LogP contribution is -2.40. The molecule has 1 unspecified atom stereocenters. The molecule has 1 aromatic carbocycles. The molecular formula is C16H24FN. The highest BCUT2D eigenvalue weighted by Gasteiger charge is 2.40. The zero-order valence-corrected chi connectivity index (χ0v) is 11.2. The van der Waals surface area contributed by atoms with Gasteiger partial charge in [-0.3, -0.25) is 0 Å². The normalized spacial score (nSPS) is 27.7. The quantitative estimate of drug-likeness (QED) is 0.856. The first-order valence-corrected chi connectivity index (χ1v) is 7.15. The Hall–Kier alpha value is -0.890. The molecule has 0 aliphatic heterocycles. The van der Waals surface area contributed by atoms with Gasteiger partial charge in [0, 0.05) is 6.54 Å². The summed E-state index contributed by atoms with van der Waals surface area (Å²) in [7, 11) is 0. The van der Waals surface area contributed by atoms with E-state index in [-0.39, 0.29) is 12.5 Å². The van der Waals surface area contributed by atoms with Crippen LogP contribution in [0.15, 0.2) is 30.3 Å². The van der Waals surface area contributed by atoms with E-state index in [2.05, 4.69) is 6.92 Å². The molecule has 18 heavy (non-hydrogen) atoms. The molecule has 0 saturated heterocycles. The fourth-order valence-corrected chi connectivity index (χ4v) is 3.26. The van der Waals surface area contributed by atoms with Gasteiger partial charge in [-0.2, -0.15) is 0 Å². The Balaban J connectivity index is 2.13. The molecule has 0 amide bonds. The number of hydrogen-bond acceptors (Lipinski definition) is 1. The first-order valence-electron chi connectivity index (χ1n) is 7.15. The minimum absolute atomic E-state index is 0.0905. The van der Waals surface area contributed by atoms with E-state index in [4.69, 9.17) is 5.73 Å². The molecule has 1 fully saturated rings. The lowest BCUT2D eigenvalue weighted by atomic mass is 9.71. The maximum atomic E-state index is 15.2. The maximum Gasteiger partial charge on any atom is 0.150 e. The second-order valence-corrected chi connectivity index (χ2v) is 5.56. The van der Waals surface area contributed by atoms with Gasteiger partial charge in [0.25, 0.3) is 0 Å². The molecule has 1 atom stereocenters. The van der Waals surface area contributed by atoms with Gasteiger partial charge < -0.3 is 5.73 Å². The molecule has 100 valence electrons. The van der Waals surface area contributed by atoms with Crippen molar-refractivity contribution >= 4 is 0 Å². The molecule has 1 aliphatic rings. The van der Waals surface area contributed by atoms with Crippen LogP contribution in [0.2, 0.25) is 0 Å². The fourth-order valence-electron chi connectivity index (χ4n) is 3.26. The summed E-state index contributed by atoms with van der Waals surface area (Å²) in [5, 5.41) is 0. The van der Waals surface area contributed by atoms with E-state index in [0.717, 1.165) is 37.2 Å². The van der Waals surface area contributed by atoms with E-state index < -0.39 is 5.67 Å². The molecule has 0 aromatic heterocycles. The second kappa shape index (κ2) is 5.83. The molecule has 1 aromatic rings. The fraction of sp³-hybridized carbons (Fsp3) is 0.625. The third kappa shape index (κ3) is 2.59. The van der Waals surface area contributed by atoms with E-state index in [0.29, 0.717) is 0 Å². The van der Waals surface area contributed by atoms with E-state index in [1.165, 1.54) is 6.42 Å². The second-order valence-electron chi connectivity index (χ2n) is 5.56. The summed E-state index contributed by atoms with van der Waals surface area (Å²) in [6, 6.07) is 9.47. The monoisotopic (exact) mass is 249 g/mol. The number of alkyl halides is 1. The molecular weight excluding hydrogens is 225 g/mol. The minimum Gasteiger partial charge on any atom is -0.327 e. The van der Waals surface area contributed by atoms with Gasteiger partial charge in [0.05, 0.1) is 0 Å². The summed E-state index contributed by atoms with van der Waals surface area (Å²) in [4.78, 5) is 0. The Bertz CT molecular complexity index is 357. The summed E-state index contributed by atoms with van der Waals surface area (Å²) < 4.78 is 15.2. The molecule has 1 saturated carbocycles. The Morgan fingerprint density at radius 3 is 2.28 bits per heavy atom. The van der Waals surface area contributed by atoms with Crippen LogP contribution in [0.5, 0.6) is 0 Å². The third-order valence-corrected chi connectivity index (χ3v) is 4.62. The molecule has 2 N–H and O–H groups in total. The minimum atomic E-state index is -1.33. The van der Waals surface area contributed by atoms with Crippen LogP contribution < -0.4 is 5.73 Å². The van der Waals surface area contributed by atoms with Gasteiger partial charge in [-0.25, -0.2) is 4.39 Å². The summed E-state index contributed by atoms with van der Waals surface area (Å²) in [6.45, 7) is 2.33. The average Bonchev–Trinajstić information content (AvgIpc) is 2.47. The average molecular weight is 249 g/mol. The molecule has 0 heterocycles. The van der Waals surface area contributed by atoms with E-state index in [1.54, 1.807) is 0 Å². The predicted octanol–water partition coefficient (Wildman–Crippen LogP) is 4.03. The standard InChI is InChI=1S/C16H24FN/c1-2-13-8-10-15(11-9-13)16(17,12-18)14-6-4-3-5-7-14/h3-7,13,15H,2,8-12,18H2,1H3. The van der Waals surface area contributed by atoms with Gasteiger partial charge in [-0.15, -0.1) is 0 Å². The van der Waals surface area contributed by atoms with Crippen LogP contribution >= 0.6 is 0 Å². The van der Waals surface area contributed by atoms with Gasteiger partial charge in [-0.05, 0) is 30.2 Å². The van der Waals surface area contributed by atoms with Crippen LogP contribution in [0.25, 0.3) is 0 Å². The highest BCUT2D eigenvalue weighted by Crippen LogP contribution is 2.43. The highest BCUT2D eigenvalue weighted by atomic mass is 19.1. The van der Waals surface area contributed by atoms with Crippen LogP contribution in [0, 0.1) is 11.8 Å². The first kappa shape index (κ1) is 13.5. The van der Waals surface area contributed by atoms with Gasteiger partial charge in [0.1, 0.15) is 0 Å². The van der Waals surface area contributed by atoms with Crippen molar-refractivity contribution in [3.63, 3.8) is 0 Å². The van der Waals surface area contributed by atoms with Crippen molar-refractivity contribution in [3.8, 4) is 0 Å². The van der Waals surface area contributed by atoms with Crippen molar-refractivity contribution in [3.05, 3.63) is 35.9 Å². The zero-order chi connectivity index (χ0) is 13.0. The van der Waals surface area contributed by atoms with Gasteiger partial charge in [0.15, 0.2) is 5.67 Å².